The molecule has 29 heavy (non-hydrogen) atoms. The van der Waals surface area contributed by atoms with Gasteiger partial charge < -0.3 is 20.4 Å². The number of carbonyl (C=O) groups excluding carboxylic acids is 3. The van der Waals surface area contributed by atoms with E-state index in [1.54, 1.807) is 58.3 Å². The van der Waals surface area contributed by atoms with E-state index in [2.05, 4.69) is 10.6 Å². The number of nitrogens with one attached hydrogen (secondary N) is 2. The summed E-state index contributed by atoms with van der Waals surface area (Å²) < 4.78 is 0. The van der Waals surface area contributed by atoms with E-state index in [4.69, 9.17) is 11.6 Å². The van der Waals surface area contributed by atoms with Crippen LogP contribution in [0.1, 0.15) is 23.7 Å². The van der Waals surface area contributed by atoms with Gasteiger partial charge in [-0.05, 0) is 43.7 Å². The predicted octanol–water partition coefficient (Wildman–Crippen LogP) is 4.31. The normalized spacial score (nSPS) is 14.1. The second-order valence-corrected chi connectivity index (χ2v) is 7.27. The number of nitrogens with zero attached hydrogens (tertiary/aromatic N) is 2. The molecule has 8 heteroatoms. The van der Waals surface area contributed by atoms with Gasteiger partial charge in [-0.15, -0.1) is 0 Å². The molecule has 1 aliphatic rings. The molecule has 1 saturated heterocycles. The third kappa shape index (κ3) is 5.71. The molecule has 152 valence electrons. The average Bonchev–Trinajstić information content (AvgIpc) is 2.94. The van der Waals surface area contributed by atoms with E-state index >= 15 is 0 Å². The van der Waals surface area contributed by atoms with E-state index in [9.17, 15) is 14.4 Å². The zero-order valence-electron chi connectivity index (χ0n) is 16.2. The summed E-state index contributed by atoms with van der Waals surface area (Å²) in [5, 5.41) is 6.21. The number of anilines is 2. The van der Waals surface area contributed by atoms with Gasteiger partial charge >= 0.3 is 12.1 Å². The highest BCUT2D eigenvalue weighted by molar-refractivity contribution is 6.30. The molecule has 0 saturated carbocycles. The first kappa shape index (κ1) is 20.7. The Balaban J connectivity index is 1.56. The summed E-state index contributed by atoms with van der Waals surface area (Å²) in [6.07, 6.45) is 0.671. The van der Waals surface area contributed by atoms with Crippen molar-refractivity contribution >= 4 is 40.8 Å². The number of rotatable bonds is 3. The Bertz CT molecular complexity index is 918. The molecule has 4 amide bonds. The van der Waals surface area contributed by atoms with Gasteiger partial charge in [0.25, 0.3) is 0 Å². The van der Waals surface area contributed by atoms with Gasteiger partial charge in [0.05, 0.1) is 0 Å². The van der Waals surface area contributed by atoms with Crippen LogP contribution in [0.25, 0.3) is 0 Å². The van der Waals surface area contributed by atoms with Crippen molar-refractivity contribution in [3.05, 3.63) is 59.1 Å². The lowest BCUT2D eigenvalue weighted by Gasteiger charge is -2.23. The molecule has 1 heterocycles. The van der Waals surface area contributed by atoms with E-state index in [-0.39, 0.29) is 17.8 Å². The van der Waals surface area contributed by atoms with E-state index in [1.165, 1.54) is 6.92 Å². The maximum Gasteiger partial charge on any atom is 0.321 e. The zero-order valence-corrected chi connectivity index (χ0v) is 16.9. The van der Waals surface area contributed by atoms with Gasteiger partial charge in [0, 0.05) is 48.1 Å². The highest BCUT2D eigenvalue weighted by Crippen LogP contribution is 2.16. The third-order valence-electron chi connectivity index (χ3n) is 4.67. The topological polar surface area (TPSA) is 81.8 Å². The quantitative estimate of drug-likeness (QED) is 0.734. The molecule has 0 spiro atoms. The van der Waals surface area contributed by atoms with Gasteiger partial charge in [0.15, 0.2) is 5.78 Å². The van der Waals surface area contributed by atoms with E-state index in [1.807, 2.05) is 0 Å². The second-order valence-electron chi connectivity index (χ2n) is 6.84. The molecule has 7 nitrogen and oxygen atoms in total. The fourth-order valence-electron chi connectivity index (χ4n) is 3.11. The molecular weight excluding hydrogens is 392 g/mol. The first-order chi connectivity index (χ1) is 13.9. The summed E-state index contributed by atoms with van der Waals surface area (Å²) in [5.41, 5.74) is 1.75. The van der Waals surface area contributed by atoms with Crippen LogP contribution < -0.4 is 10.6 Å². The van der Waals surface area contributed by atoms with Crippen molar-refractivity contribution < 1.29 is 14.4 Å². The van der Waals surface area contributed by atoms with E-state index in [0.717, 1.165) is 0 Å². The van der Waals surface area contributed by atoms with E-state index in [0.29, 0.717) is 54.6 Å². The first-order valence-electron chi connectivity index (χ1n) is 9.41. The number of urea groups is 2. The highest BCUT2D eigenvalue weighted by atomic mass is 35.5. The molecule has 1 fully saturated rings. The van der Waals surface area contributed by atoms with Crippen molar-refractivity contribution in [1.82, 2.24) is 9.80 Å². The molecule has 3 rings (SSSR count). The summed E-state index contributed by atoms with van der Waals surface area (Å²) in [7, 11) is 0. The summed E-state index contributed by atoms with van der Waals surface area (Å²) in [5.74, 6) is -0.0581. The molecule has 0 aliphatic carbocycles. The molecule has 2 aromatic carbocycles. The highest BCUT2D eigenvalue weighted by Gasteiger charge is 2.22. The van der Waals surface area contributed by atoms with E-state index < -0.39 is 0 Å². The Kier molecular flexibility index (Phi) is 6.72. The maximum atomic E-state index is 12.6. The smallest absolute Gasteiger partial charge is 0.321 e. The minimum atomic E-state index is -0.247. The Hall–Kier alpha value is -3.06. The minimum absolute atomic E-state index is 0.0581. The number of benzene rings is 2. The van der Waals surface area contributed by atoms with Crippen LogP contribution in [-0.2, 0) is 0 Å². The van der Waals surface area contributed by atoms with Crippen molar-refractivity contribution in [2.24, 2.45) is 0 Å². The fourth-order valence-corrected chi connectivity index (χ4v) is 3.30. The van der Waals surface area contributed by atoms with Gasteiger partial charge in [-0.3, -0.25) is 4.79 Å². The number of Topliss-reactive ketones (excluding diaryl/α,β-unsaturated/α-hetero) is 1. The number of hydrogen-bond donors (Lipinski definition) is 2. The van der Waals surface area contributed by atoms with Crippen LogP contribution in [0.5, 0.6) is 0 Å². The van der Waals surface area contributed by atoms with Crippen LogP contribution >= 0.6 is 11.6 Å². The Labute approximate surface area is 174 Å². The van der Waals surface area contributed by atoms with Crippen LogP contribution in [-0.4, -0.2) is 53.8 Å². The van der Waals surface area contributed by atoms with Gasteiger partial charge in [-0.2, -0.15) is 0 Å². The Morgan fingerprint density at radius 2 is 1.38 bits per heavy atom. The SMILES string of the molecule is CC(=O)c1cccc(NC(=O)N2CCCN(C(=O)Nc3cccc(Cl)c3)CC2)c1. The van der Waals surface area contributed by atoms with Crippen LogP contribution in [0.3, 0.4) is 0 Å². The van der Waals surface area contributed by atoms with Crippen molar-refractivity contribution in [1.29, 1.82) is 0 Å². The van der Waals surface area contributed by atoms with Crippen LogP contribution in [0.4, 0.5) is 21.0 Å². The molecular formula is C21H23ClN4O3. The molecule has 0 bridgehead atoms. The molecule has 0 atom stereocenters. The largest absolute Gasteiger partial charge is 0.323 e. The molecule has 2 aromatic rings. The van der Waals surface area contributed by atoms with Crippen molar-refractivity contribution in [3.63, 3.8) is 0 Å². The standard InChI is InChI=1S/C21H23ClN4O3/c1-15(27)16-5-2-7-18(13-16)23-20(28)25-9-4-10-26(12-11-25)21(29)24-19-8-3-6-17(22)14-19/h2-3,5-8,13-14H,4,9-12H2,1H3,(H,23,28)(H,24,29). The number of hydrogen-bond acceptors (Lipinski definition) is 3. The van der Waals surface area contributed by atoms with Crippen molar-refractivity contribution in [3.8, 4) is 0 Å². The summed E-state index contributed by atoms with van der Waals surface area (Å²) in [4.78, 5) is 40.0. The van der Waals surface area contributed by atoms with Crippen molar-refractivity contribution in [2.45, 2.75) is 13.3 Å². The molecule has 0 unspecified atom stereocenters. The third-order valence-corrected chi connectivity index (χ3v) is 4.90. The summed E-state index contributed by atoms with van der Waals surface area (Å²) >= 11 is 5.95. The lowest BCUT2D eigenvalue weighted by Crippen LogP contribution is -2.40. The monoisotopic (exact) mass is 414 g/mol. The Morgan fingerprint density at radius 3 is 1.93 bits per heavy atom. The van der Waals surface area contributed by atoms with Crippen LogP contribution in [0.15, 0.2) is 48.5 Å². The van der Waals surface area contributed by atoms with Gasteiger partial charge in [-0.25, -0.2) is 9.59 Å². The van der Waals surface area contributed by atoms with Gasteiger partial charge in [0.2, 0.25) is 0 Å². The molecule has 0 radical (unpaired) electrons. The molecule has 0 aromatic heterocycles. The lowest BCUT2D eigenvalue weighted by molar-refractivity contribution is 0.101. The van der Waals surface area contributed by atoms with Gasteiger partial charge in [-0.1, -0.05) is 29.8 Å². The summed E-state index contributed by atoms with van der Waals surface area (Å²) in [6, 6.07) is 13.3. The van der Waals surface area contributed by atoms with Gasteiger partial charge in [0.1, 0.15) is 0 Å². The number of amides is 4. The van der Waals surface area contributed by atoms with Crippen LogP contribution in [0, 0.1) is 0 Å². The Morgan fingerprint density at radius 1 is 0.828 bits per heavy atom. The van der Waals surface area contributed by atoms with Crippen LogP contribution in [0.2, 0.25) is 5.02 Å². The first-order valence-corrected chi connectivity index (χ1v) is 9.78. The second kappa shape index (κ2) is 9.43. The number of halogens is 1. The lowest BCUT2D eigenvalue weighted by atomic mass is 10.1. The molecule has 1 aliphatic heterocycles. The summed E-state index contributed by atoms with van der Waals surface area (Å²) in [6.45, 7) is 3.42. The predicted molar refractivity (Wildman–Crippen MR) is 114 cm³/mol. The maximum absolute atomic E-state index is 12.6. The minimum Gasteiger partial charge on any atom is -0.323 e. The zero-order chi connectivity index (χ0) is 20.8. The van der Waals surface area contributed by atoms with Crippen molar-refractivity contribution in [2.75, 3.05) is 36.8 Å². The molecule has 2 N–H and O–H groups in total. The number of carbonyl (C=O) groups is 3. The number of ketones is 1. The average molecular weight is 415 g/mol. The fraction of sp³-hybridized carbons (Fsp3) is 0.286.